The van der Waals surface area contributed by atoms with E-state index in [4.69, 9.17) is 4.74 Å². The minimum atomic E-state index is -0.429. The van der Waals surface area contributed by atoms with Gasteiger partial charge in [-0.05, 0) is 57.9 Å². The van der Waals surface area contributed by atoms with Crippen LogP contribution in [0.5, 0.6) is 11.5 Å². The Balaban J connectivity index is 2.16. The number of anilines is 1. The SMILES string of the molecule is CC(C)=CCC/C(C)=C/COc1c(O)c2ccc(N(C)C)cc2[nH]c1=O. The van der Waals surface area contributed by atoms with Gasteiger partial charge in [-0.15, -0.1) is 0 Å². The van der Waals surface area contributed by atoms with E-state index in [1.54, 1.807) is 6.07 Å². The van der Waals surface area contributed by atoms with Crippen LogP contribution in [-0.4, -0.2) is 30.8 Å². The number of aromatic nitrogens is 1. The van der Waals surface area contributed by atoms with E-state index in [0.717, 1.165) is 18.5 Å². The molecule has 26 heavy (non-hydrogen) atoms. The smallest absolute Gasteiger partial charge is 0.294 e. The Labute approximate surface area is 154 Å². The molecule has 0 unspecified atom stereocenters. The third-order valence-electron chi connectivity index (χ3n) is 4.19. The lowest BCUT2D eigenvalue weighted by atomic mass is 10.1. The van der Waals surface area contributed by atoms with Crippen LogP contribution >= 0.6 is 0 Å². The van der Waals surface area contributed by atoms with Gasteiger partial charge in [0.15, 0.2) is 5.75 Å². The highest BCUT2D eigenvalue weighted by Crippen LogP contribution is 2.31. The minimum absolute atomic E-state index is 0.0385. The number of ether oxygens (including phenoxy) is 1. The van der Waals surface area contributed by atoms with Crippen molar-refractivity contribution in [3.05, 3.63) is 51.9 Å². The Kier molecular flexibility index (Phi) is 6.50. The van der Waals surface area contributed by atoms with E-state index in [1.165, 1.54) is 11.1 Å². The van der Waals surface area contributed by atoms with E-state index < -0.39 is 5.56 Å². The number of hydrogen-bond donors (Lipinski definition) is 2. The lowest BCUT2D eigenvalue weighted by Gasteiger charge is -2.14. The molecule has 0 aliphatic heterocycles. The van der Waals surface area contributed by atoms with Gasteiger partial charge in [0, 0.05) is 25.2 Å². The van der Waals surface area contributed by atoms with Crippen molar-refractivity contribution in [2.45, 2.75) is 33.6 Å². The summed E-state index contributed by atoms with van der Waals surface area (Å²) >= 11 is 0. The molecule has 1 heterocycles. The van der Waals surface area contributed by atoms with Crippen LogP contribution in [0.3, 0.4) is 0 Å². The van der Waals surface area contributed by atoms with Crippen molar-refractivity contribution in [1.29, 1.82) is 0 Å². The van der Waals surface area contributed by atoms with Gasteiger partial charge in [0.2, 0.25) is 5.75 Å². The summed E-state index contributed by atoms with van der Waals surface area (Å²) < 4.78 is 5.56. The fourth-order valence-corrected chi connectivity index (χ4v) is 2.62. The maximum absolute atomic E-state index is 12.3. The summed E-state index contributed by atoms with van der Waals surface area (Å²) in [5, 5.41) is 11.0. The van der Waals surface area contributed by atoms with Crippen LogP contribution in [0.1, 0.15) is 33.6 Å². The van der Waals surface area contributed by atoms with Gasteiger partial charge >= 0.3 is 0 Å². The highest BCUT2D eigenvalue weighted by Gasteiger charge is 2.13. The summed E-state index contributed by atoms with van der Waals surface area (Å²) in [4.78, 5) is 17.0. The van der Waals surface area contributed by atoms with Crippen molar-refractivity contribution in [3.63, 3.8) is 0 Å². The van der Waals surface area contributed by atoms with Crippen LogP contribution in [0.2, 0.25) is 0 Å². The van der Waals surface area contributed by atoms with Crippen LogP contribution in [-0.2, 0) is 0 Å². The van der Waals surface area contributed by atoms with Gasteiger partial charge in [-0.1, -0.05) is 17.2 Å². The second-order valence-corrected chi connectivity index (χ2v) is 6.94. The number of nitrogens with one attached hydrogen (secondary N) is 1. The molecule has 0 aliphatic rings. The molecule has 140 valence electrons. The first-order valence-electron chi connectivity index (χ1n) is 8.77. The van der Waals surface area contributed by atoms with E-state index in [9.17, 15) is 9.90 Å². The molecule has 0 fully saturated rings. The third-order valence-corrected chi connectivity index (χ3v) is 4.19. The predicted octanol–water partition coefficient (Wildman–Crippen LogP) is 4.37. The first kappa shape index (κ1) is 19.6. The summed E-state index contributed by atoms with van der Waals surface area (Å²) in [7, 11) is 3.84. The van der Waals surface area contributed by atoms with Gasteiger partial charge in [-0.3, -0.25) is 4.79 Å². The lowest BCUT2D eigenvalue weighted by molar-refractivity contribution is 0.332. The molecule has 0 amide bonds. The zero-order chi connectivity index (χ0) is 19.3. The van der Waals surface area contributed by atoms with Gasteiger partial charge in [-0.2, -0.15) is 0 Å². The number of allylic oxidation sites excluding steroid dienone is 3. The number of hydrogen-bond acceptors (Lipinski definition) is 4. The number of H-pyrrole nitrogens is 1. The van der Waals surface area contributed by atoms with Crippen LogP contribution < -0.4 is 15.2 Å². The van der Waals surface area contributed by atoms with Crippen molar-refractivity contribution in [2.75, 3.05) is 25.6 Å². The average Bonchev–Trinajstić information content (AvgIpc) is 2.56. The first-order chi connectivity index (χ1) is 12.3. The zero-order valence-corrected chi connectivity index (χ0v) is 16.2. The molecule has 2 rings (SSSR count). The van der Waals surface area contributed by atoms with E-state index >= 15 is 0 Å². The Bertz CT molecular complexity index is 888. The van der Waals surface area contributed by atoms with Crippen LogP contribution in [0.4, 0.5) is 5.69 Å². The molecule has 0 radical (unpaired) electrons. The lowest BCUT2D eigenvalue weighted by Crippen LogP contribution is -2.13. The molecule has 5 nitrogen and oxygen atoms in total. The number of aromatic amines is 1. The molecule has 0 saturated carbocycles. The van der Waals surface area contributed by atoms with Gasteiger partial charge in [0.05, 0.1) is 5.52 Å². The Morgan fingerprint density at radius 1 is 1.23 bits per heavy atom. The number of benzene rings is 1. The number of fused-ring (bicyclic) bond motifs is 1. The van der Waals surface area contributed by atoms with Crippen LogP contribution in [0.25, 0.3) is 10.9 Å². The summed E-state index contributed by atoms with van der Waals surface area (Å²) in [6.45, 7) is 6.45. The molecule has 2 N–H and O–H groups in total. The molecule has 0 atom stereocenters. The summed E-state index contributed by atoms with van der Waals surface area (Å²) in [6, 6.07) is 5.49. The second kappa shape index (κ2) is 8.61. The Morgan fingerprint density at radius 3 is 2.62 bits per heavy atom. The van der Waals surface area contributed by atoms with Crippen molar-refractivity contribution in [3.8, 4) is 11.5 Å². The highest BCUT2D eigenvalue weighted by atomic mass is 16.5. The topological polar surface area (TPSA) is 65.6 Å². The number of aromatic hydroxyl groups is 1. The van der Waals surface area contributed by atoms with Crippen molar-refractivity contribution in [1.82, 2.24) is 4.98 Å². The number of nitrogens with zero attached hydrogens (tertiary/aromatic N) is 1. The van der Waals surface area contributed by atoms with Crippen LogP contribution in [0.15, 0.2) is 46.3 Å². The third kappa shape index (κ3) is 4.91. The maximum atomic E-state index is 12.3. The molecular formula is C21H28N2O3. The fraction of sp³-hybridized carbons (Fsp3) is 0.381. The maximum Gasteiger partial charge on any atom is 0.294 e. The summed E-state index contributed by atoms with van der Waals surface area (Å²) in [5.74, 6) is -0.159. The predicted molar refractivity (Wildman–Crippen MR) is 108 cm³/mol. The van der Waals surface area contributed by atoms with E-state index in [2.05, 4.69) is 24.9 Å². The molecule has 0 bridgehead atoms. The van der Waals surface area contributed by atoms with Gasteiger partial charge < -0.3 is 19.7 Å². The Morgan fingerprint density at radius 2 is 1.96 bits per heavy atom. The number of rotatable bonds is 7. The van der Waals surface area contributed by atoms with Gasteiger partial charge in [-0.25, -0.2) is 0 Å². The fourth-order valence-electron chi connectivity index (χ4n) is 2.62. The summed E-state index contributed by atoms with van der Waals surface area (Å²) in [5.41, 5.74) is 3.59. The highest BCUT2D eigenvalue weighted by molar-refractivity contribution is 5.89. The van der Waals surface area contributed by atoms with Crippen molar-refractivity contribution < 1.29 is 9.84 Å². The molecule has 0 saturated heterocycles. The van der Waals surface area contributed by atoms with Gasteiger partial charge in [0.25, 0.3) is 5.56 Å². The summed E-state index contributed by atoms with van der Waals surface area (Å²) in [6.07, 6.45) is 6.07. The first-order valence-corrected chi connectivity index (χ1v) is 8.77. The average molecular weight is 356 g/mol. The largest absolute Gasteiger partial charge is 0.504 e. The monoisotopic (exact) mass is 356 g/mol. The molecule has 0 aliphatic carbocycles. The second-order valence-electron chi connectivity index (χ2n) is 6.94. The van der Waals surface area contributed by atoms with E-state index in [-0.39, 0.29) is 18.1 Å². The zero-order valence-electron chi connectivity index (χ0n) is 16.2. The normalized spacial score (nSPS) is 11.5. The molecule has 2 aromatic rings. The van der Waals surface area contributed by atoms with Crippen LogP contribution in [0, 0.1) is 0 Å². The van der Waals surface area contributed by atoms with E-state index in [0.29, 0.717) is 10.9 Å². The molecule has 1 aromatic heterocycles. The van der Waals surface area contributed by atoms with Crippen molar-refractivity contribution in [2.24, 2.45) is 0 Å². The molecule has 0 spiro atoms. The number of pyridine rings is 1. The molecule has 5 heteroatoms. The molecule has 1 aromatic carbocycles. The van der Waals surface area contributed by atoms with E-state index in [1.807, 2.05) is 44.1 Å². The quantitative estimate of drug-likeness (QED) is 0.723. The van der Waals surface area contributed by atoms with Crippen molar-refractivity contribution >= 4 is 16.6 Å². The standard InChI is InChI=1S/C21H28N2O3/c1-14(2)7-6-8-15(3)11-12-26-20-19(24)17-10-9-16(23(4)5)13-18(17)22-21(20)25/h7,9-11,13H,6,8,12H2,1-5H3,(H2,22,24,25)/b15-11+. The molecular weight excluding hydrogens is 328 g/mol. The Hall–Kier alpha value is -2.69. The van der Waals surface area contributed by atoms with Gasteiger partial charge in [0.1, 0.15) is 6.61 Å². The minimum Gasteiger partial charge on any atom is -0.504 e.